The maximum atomic E-state index is 11.6. The van der Waals surface area contributed by atoms with Crippen LogP contribution in [-0.2, 0) is 9.59 Å². The summed E-state index contributed by atoms with van der Waals surface area (Å²) in [5.74, 6) is -1.29. The normalized spacial score (nSPS) is 21.9. The zero-order valence-electron chi connectivity index (χ0n) is 10.2. The van der Waals surface area contributed by atoms with E-state index in [0.717, 1.165) is 19.3 Å². The number of hydrogen-bond donors (Lipinski definition) is 3. The standard InChI is InChI=1S/C11H19N3O2S/c1-11(2)5-3-4-7(11)14-10(16)9(15)13-6-8(12)17/h7H,3-6H2,1-2H3,(H2,12,17)(H,13,15)(H,14,16). The van der Waals surface area contributed by atoms with Crippen molar-refractivity contribution >= 4 is 29.0 Å². The molecule has 1 aliphatic rings. The van der Waals surface area contributed by atoms with Crippen LogP contribution in [0.1, 0.15) is 33.1 Å². The van der Waals surface area contributed by atoms with Gasteiger partial charge in [-0.25, -0.2) is 0 Å². The summed E-state index contributed by atoms with van der Waals surface area (Å²) in [7, 11) is 0. The van der Waals surface area contributed by atoms with Gasteiger partial charge in [0, 0.05) is 6.04 Å². The molecular weight excluding hydrogens is 238 g/mol. The van der Waals surface area contributed by atoms with Crippen LogP contribution in [-0.4, -0.2) is 29.4 Å². The Morgan fingerprint density at radius 1 is 1.41 bits per heavy atom. The Hall–Kier alpha value is -1.17. The van der Waals surface area contributed by atoms with Crippen molar-refractivity contribution in [2.75, 3.05) is 6.54 Å². The Labute approximate surface area is 107 Å². The molecule has 0 aromatic rings. The minimum absolute atomic E-state index is 0.0512. The first-order valence-corrected chi connectivity index (χ1v) is 6.11. The lowest BCUT2D eigenvalue weighted by Crippen LogP contribution is -2.49. The molecule has 4 N–H and O–H groups in total. The average Bonchev–Trinajstić information content (AvgIpc) is 2.54. The quantitative estimate of drug-likeness (QED) is 0.494. The van der Waals surface area contributed by atoms with Crippen LogP contribution < -0.4 is 16.4 Å². The van der Waals surface area contributed by atoms with E-state index < -0.39 is 11.8 Å². The predicted molar refractivity (Wildman–Crippen MR) is 69.4 cm³/mol. The molecule has 0 spiro atoms. The molecule has 1 rings (SSSR count). The van der Waals surface area contributed by atoms with E-state index in [4.69, 9.17) is 5.73 Å². The highest BCUT2D eigenvalue weighted by Crippen LogP contribution is 2.36. The lowest BCUT2D eigenvalue weighted by molar-refractivity contribution is -0.139. The molecule has 5 nitrogen and oxygen atoms in total. The molecule has 0 heterocycles. The first-order chi connectivity index (χ1) is 7.83. The van der Waals surface area contributed by atoms with Crippen LogP contribution in [0, 0.1) is 5.41 Å². The monoisotopic (exact) mass is 257 g/mol. The van der Waals surface area contributed by atoms with E-state index in [1.165, 1.54) is 0 Å². The van der Waals surface area contributed by atoms with E-state index in [1.807, 2.05) is 0 Å². The van der Waals surface area contributed by atoms with E-state index in [2.05, 4.69) is 36.7 Å². The highest BCUT2D eigenvalue weighted by atomic mass is 32.1. The number of thiocarbonyl (C=S) groups is 1. The second-order valence-corrected chi connectivity index (χ2v) is 5.58. The highest BCUT2D eigenvalue weighted by molar-refractivity contribution is 7.80. The number of carbonyl (C=O) groups excluding carboxylic acids is 2. The van der Waals surface area contributed by atoms with Gasteiger partial charge in [0.15, 0.2) is 0 Å². The number of amides is 2. The fraction of sp³-hybridized carbons (Fsp3) is 0.727. The van der Waals surface area contributed by atoms with Crippen molar-refractivity contribution in [2.24, 2.45) is 11.1 Å². The Morgan fingerprint density at radius 2 is 2.06 bits per heavy atom. The van der Waals surface area contributed by atoms with Crippen molar-refractivity contribution in [1.82, 2.24) is 10.6 Å². The van der Waals surface area contributed by atoms with E-state index >= 15 is 0 Å². The topological polar surface area (TPSA) is 84.2 Å². The molecule has 0 aliphatic heterocycles. The smallest absolute Gasteiger partial charge is 0.309 e. The van der Waals surface area contributed by atoms with Gasteiger partial charge in [-0.15, -0.1) is 0 Å². The molecule has 6 heteroatoms. The van der Waals surface area contributed by atoms with Crippen molar-refractivity contribution in [3.63, 3.8) is 0 Å². The van der Waals surface area contributed by atoms with Crippen molar-refractivity contribution in [3.8, 4) is 0 Å². The number of hydrogen-bond acceptors (Lipinski definition) is 3. The van der Waals surface area contributed by atoms with Crippen LogP contribution >= 0.6 is 12.2 Å². The van der Waals surface area contributed by atoms with Crippen LogP contribution in [0.3, 0.4) is 0 Å². The SMILES string of the molecule is CC1(C)CCCC1NC(=O)C(=O)NCC(N)=S. The zero-order valence-corrected chi connectivity index (χ0v) is 11.0. The minimum atomic E-state index is -0.680. The molecule has 0 aromatic heterocycles. The van der Waals surface area contributed by atoms with Gasteiger partial charge in [0.1, 0.15) is 0 Å². The maximum Gasteiger partial charge on any atom is 0.309 e. The van der Waals surface area contributed by atoms with Gasteiger partial charge in [-0.1, -0.05) is 32.5 Å². The van der Waals surface area contributed by atoms with E-state index in [9.17, 15) is 9.59 Å². The lowest BCUT2D eigenvalue weighted by atomic mass is 9.87. The Balaban J connectivity index is 2.43. The van der Waals surface area contributed by atoms with Gasteiger partial charge in [-0.05, 0) is 18.3 Å². The summed E-state index contributed by atoms with van der Waals surface area (Å²) in [4.78, 5) is 23.2. The third kappa shape index (κ3) is 3.96. The Bertz CT molecular complexity index is 342. The van der Waals surface area contributed by atoms with Crippen molar-refractivity contribution in [2.45, 2.75) is 39.2 Å². The fourth-order valence-electron chi connectivity index (χ4n) is 2.07. The summed E-state index contributed by atoms with van der Waals surface area (Å²) in [6.07, 6.45) is 3.06. The van der Waals surface area contributed by atoms with Gasteiger partial charge in [0.2, 0.25) is 0 Å². The first kappa shape index (κ1) is 13.9. The second-order valence-electron chi connectivity index (χ2n) is 5.06. The summed E-state index contributed by atoms with van der Waals surface area (Å²) in [5.41, 5.74) is 5.29. The molecule has 17 heavy (non-hydrogen) atoms. The van der Waals surface area contributed by atoms with Crippen LogP contribution in [0.15, 0.2) is 0 Å². The third-order valence-corrected chi connectivity index (χ3v) is 3.34. The van der Waals surface area contributed by atoms with Gasteiger partial charge in [-0.3, -0.25) is 9.59 Å². The molecule has 1 saturated carbocycles. The zero-order chi connectivity index (χ0) is 13.1. The molecule has 2 amide bonds. The van der Waals surface area contributed by atoms with Crippen molar-refractivity contribution in [3.05, 3.63) is 0 Å². The van der Waals surface area contributed by atoms with Gasteiger partial charge in [0.05, 0.1) is 11.5 Å². The van der Waals surface area contributed by atoms with E-state index in [0.29, 0.717) is 0 Å². The Kier molecular flexibility index (Phi) is 4.45. The molecule has 0 saturated heterocycles. The maximum absolute atomic E-state index is 11.6. The summed E-state index contributed by atoms with van der Waals surface area (Å²) < 4.78 is 0. The number of rotatable bonds is 3. The van der Waals surface area contributed by atoms with E-state index in [1.54, 1.807) is 0 Å². The number of nitrogens with two attached hydrogens (primary N) is 1. The first-order valence-electron chi connectivity index (χ1n) is 5.70. The lowest BCUT2D eigenvalue weighted by Gasteiger charge is -2.27. The summed E-state index contributed by atoms with van der Waals surface area (Å²) >= 11 is 4.61. The molecule has 0 bridgehead atoms. The average molecular weight is 257 g/mol. The van der Waals surface area contributed by atoms with Gasteiger partial charge >= 0.3 is 11.8 Å². The second kappa shape index (κ2) is 5.44. The molecule has 1 unspecified atom stereocenters. The van der Waals surface area contributed by atoms with Gasteiger partial charge < -0.3 is 16.4 Å². The molecule has 1 fully saturated rings. The number of nitrogens with one attached hydrogen (secondary N) is 2. The highest BCUT2D eigenvalue weighted by Gasteiger charge is 2.36. The van der Waals surface area contributed by atoms with Crippen LogP contribution in [0.5, 0.6) is 0 Å². The van der Waals surface area contributed by atoms with Gasteiger partial charge in [0.25, 0.3) is 0 Å². The molecule has 0 radical (unpaired) electrons. The van der Waals surface area contributed by atoms with Crippen LogP contribution in [0.2, 0.25) is 0 Å². The molecule has 1 atom stereocenters. The number of carbonyl (C=O) groups is 2. The molecular formula is C11H19N3O2S. The molecule has 0 aromatic carbocycles. The summed E-state index contributed by atoms with van der Waals surface area (Å²) in [5, 5.41) is 5.12. The molecule has 96 valence electrons. The largest absolute Gasteiger partial charge is 0.392 e. The predicted octanol–water partition coefficient (Wildman–Crippen LogP) is 0.0836. The van der Waals surface area contributed by atoms with E-state index in [-0.39, 0.29) is 23.0 Å². The van der Waals surface area contributed by atoms with Crippen LogP contribution in [0.4, 0.5) is 0 Å². The summed E-state index contributed by atoms with van der Waals surface area (Å²) in [6.45, 7) is 4.24. The van der Waals surface area contributed by atoms with Crippen molar-refractivity contribution < 1.29 is 9.59 Å². The Morgan fingerprint density at radius 3 is 2.53 bits per heavy atom. The molecule has 1 aliphatic carbocycles. The van der Waals surface area contributed by atoms with Gasteiger partial charge in [-0.2, -0.15) is 0 Å². The van der Waals surface area contributed by atoms with Crippen molar-refractivity contribution in [1.29, 1.82) is 0 Å². The van der Waals surface area contributed by atoms with Crippen LogP contribution in [0.25, 0.3) is 0 Å². The fourth-order valence-corrected chi connectivity index (χ4v) is 2.14. The third-order valence-electron chi connectivity index (χ3n) is 3.19. The minimum Gasteiger partial charge on any atom is -0.392 e. The summed E-state index contributed by atoms with van der Waals surface area (Å²) in [6, 6.07) is 0.0607.